The SMILES string of the molecule is Cc1c(C#N)c(=O)oc2onc(-c3ccccc3)c12. The Hall–Kier alpha value is -2.87. The van der Waals surface area contributed by atoms with Gasteiger partial charge in [-0.05, 0) is 12.5 Å². The van der Waals surface area contributed by atoms with Gasteiger partial charge in [0.25, 0.3) is 0 Å². The van der Waals surface area contributed by atoms with Crippen LogP contribution in [0.15, 0.2) is 44.1 Å². The molecule has 2 aromatic heterocycles. The summed E-state index contributed by atoms with van der Waals surface area (Å²) in [5.41, 5.74) is 1.19. The highest BCUT2D eigenvalue weighted by Crippen LogP contribution is 2.30. The van der Waals surface area contributed by atoms with Gasteiger partial charge in [-0.25, -0.2) is 4.79 Å². The van der Waals surface area contributed by atoms with Crippen LogP contribution in [-0.2, 0) is 0 Å². The lowest BCUT2D eigenvalue weighted by molar-refractivity contribution is 0.376. The van der Waals surface area contributed by atoms with Crippen LogP contribution in [0.1, 0.15) is 11.1 Å². The van der Waals surface area contributed by atoms with E-state index in [1.807, 2.05) is 36.4 Å². The van der Waals surface area contributed by atoms with E-state index in [1.165, 1.54) is 0 Å². The van der Waals surface area contributed by atoms with Crippen LogP contribution in [0.2, 0.25) is 0 Å². The highest BCUT2D eigenvalue weighted by atomic mass is 16.6. The van der Waals surface area contributed by atoms with Crippen LogP contribution < -0.4 is 5.63 Å². The van der Waals surface area contributed by atoms with E-state index >= 15 is 0 Å². The fraction of sp³-hybridized carbons (Fsp3) is 0.0714. The fourth-order valence-corrected chi connectivity index (χ4v) is 2.01. The molecule has 19 heavy (non-hydrogen) atoms. The van der Waals surface area contributed by atoms with Crippen molar-refractivity contribution in [2.45, 2.75) is 6.92 Å². The van der Waals surface area contributed by atoms with Gasteiger partial charge in [0.15, 0.2) is 0 Å². The van der Waals surface area contributed by atoms with Crippen molar-refractivity contribution in [2.24, 2.45) is 0 Å². The van der Waals surface area contributed by atoms with Crippen LogP contribution >= 0.6 is 0 Å². The summed E-state index contributed by atoms with van der Waals surface area (Å²) in [6.07, 6.45) is 0. The molecule has 5 nitrogen and oxygen atoms in total. The van der Waals surface area contributed by atoms with Gasteiger partial charge in [0, 0.05) is 5.56 Å². The van der Waals surface area contributed by atoms with E-state index in [9.17, 15) is 4.79 Å². The lowest BCUT2D eigenvalue weighted by Crippen LogP contribution is -2.06. The van der Waals surface area contributed by atoms with Crippen LogP contribution in [0.5, 0.6) is 0 Å². The van der Waals surface area contributed by atoms with Gasteiger partial charge in [-0.2, -0.15) is 5.26 Å². The fourth-order valence-electron chi connectivity index (χ4n) is 2.01. The Bertz CT molecular complexity index is 854. The van der Waals surface area contributed by atoms with E-state index in [-0.39, 0.29) is 11.3 Å². The summed E-state index contributed by atoms with van der Waals surface area (Å²) >= 11 is 0. The molecular weight excluding hydrogens is 244 g/mol. The van der Waals surface area contributed by atoms with Crippen molar-refractivity contribution < 1.29 is 8.94 Å². The second-order valence-electron chi connectivity index (χ2n) is 4.06. The molecule has 0 saturated heterocycles. The summed E-state index contributed by atoms with van der Waals surface area (Å²) in [4.78, 5) is 11.6. The molecule has 92 valence electrons. The highest BCUT2D eigenvalue weighted by Gasteiger charge is 2.19. The minimum absolute atomic E-state index is 0.0205. The van der Waals surface area contributed by atoms with Gasteiger partial charge in [-0.3, -0.25) is 0 Å². The third kappa shape index (κ3) is 1.62. The van der Waals surface area contributed by atoms with Gasteiger partial charge in [-0.1, -0.05) is 35.5 Å². The zero-order valence-electron chi connectivity index (χ0n) is 10.0. The summed E-state index contributed by atoms with van der Waals surface area (Å²) < 4.78 is 10.00. The van der Waals surface area contributed by atoms with Crippen molar-refractivity contribution in [3.63, 3.8) is 0 Å². The second-order valence-corrected chi connectivity index (χ2v) is 4.06. The highest BCUT2D eigenvalue weighted by molar-refractivity contribution is 5.92. The number of aryl methyl sites for hydroxylation is 1. The van der Waals surface area contributed by atoms with Crippen molar-refractivity contribution in [2.75, 3.05) is 0 Å². The van der Waals surface area contributed by atoms with Gasteiger partial charge in [0.1, 0.15) is 17.3 Å². The minimum atomic E-state index is -0.705. The average Bonchev–Trinajstić information content (AvgIpc) is 2.84. The molecule has 0 atom stereocenters. The summed E-state index contributed by atoms with van der Waals surface area (Å²) in [5.74, 6) is 0.0420. The molecular formula is C14H8N2O3. The van der Waals surface area contributed by atoms with Gasteiger partial charge < -0.3 is 8.94 Å². The number of nitriles is 1. The maximum atomic E-state index is 11.6. The lowest BCUT2D eigenvalue weighted by atomic mass is 10.0. The first-order chi connectivity index (χ1) is 9.22. The first-order valence-electron chi connectivity index (χ1n) is 5.61. The summed E-state index contributed by atoms with van der Waals surface area (Å²) in [6.45, 7) is 1.68. The third-order valence-corrected chi connectivity index (χ3v) is 2.96. The molecule has 0 aliphatic carbocycles. The first-order valence-corrected chi connectivity index (χ1v) is 5.61. The molecule has 0 saturated carbocycles. The molecule has 0 amide bonds. The van der Waals surface area contributed by atoms with E-state index in [1.54, 1.807) is 6.92 Å². The quantitative estimate of drug-likeness (QED) is 0.665. The topological polar surface area (TPSA) is 80.0 Å². The predicted molar refractivity (Wildman–Crippen MR) is 67.4 cm³/mol. The molecule has 1 aromatic carbocycles. The normalized spacial score (nSPS) is 10.5. The minimum Gasteiger partial charge on any atom is -0.386 e. The van der Waals surface area contributed by atoms with E-state index in [4.69, 9.17) is 14.2 Å². The number of fused-ring (bicyclic) bond motifs is 1. The molecule has 0 radical (unpaired) electrons. The van der Waals surface area contributed by atoms with Crippen LogP contribution in [0, 0.1) is 18.3 Å². The predicted octanol–water partition coefficient (Wildman–Crippen LogP) is 2.63. The van der Waals surface area contributed by atoms with Crippen molar-refractivity contribution >= 4 is 11.2 Å². The summed E-state index contributed by atoms with van der Waals surface area (Å²) in [7, 11) is 0. The number of hydrogen-bond acceptors (Lipinski definition) is 5. The Balaban J connectivity index is 2.42. The molecule has 0 spiro atoms. The Labute approximate surface area is 107 Å². The summed E-state index contributed by atoms with van der Waals surface area (Å²) in [6, 6.07) is 11.2. The molecule has 0 aliphatic rings. The zero-order chi connectivity index (χ0) is 13.4. The van der Waals surface area contributed by atoms with Crippen molar-refractivity contribution in [1.29, 1.82) is 5.26 Å². The maximum Gasteiger partial charge on any atom is 0.357 e. The molecule has 2 heterocycles. The number of rotatable bonds is 1. The second kappa shape index (κ2) is 4.10. The van der Waals surface area contributed by atoms with Crippen LogP contribution in [0.25, 0.3) is 22.4 Å². The van der Waals surface area contributed by atoms with E-state index in [0.29, 0.717) is 16.6 Å². The number of hydrogen-bond donors (Lipinski definition) is 0. The van der Waals surface area contributed by atoms with Gasteiger partial charge in [-0.15, -0.1) is 0 Å². The maximum absolute atomic E-state index is 11.6. The van der Waals surface area contributed by atoms with Crippen LogP contribution in [-0.4, -0.2) is 5.16 Å². The van der Waals surface area contributed by atoms with Gasteiger partial charge in [0.05, 0.1) is 5.39 Å². The largest absolute Gasteiger partial charge is 0.386 e. The average molecular weight is 252 g/mol. The van der Waals surface area contributed by atoms with Crippen molar-refractivity contribution in [3.05, 3.63) is 51.9 Å². The first kappa shape index (κ1) is 11.2. The van der Waals surface area contributed by atoms with Crippen molar-refractivity contribution in [1.82, 2.24) is 5.16 Å². The van der Waals surface area contributed by atoms with E-state index in [2.05, 4.69) is 5.16 Å². The number of nitrogens with zero attached hydrogens (tertiary/aromatic N) is 2. The molecule has 0 N–H and O–H groups in total. The lowest BCUT2D eigenvalue weighted by Gasteiger charge is -1.99. The molecule has 3 rings (SSSR count). The summed E-state index contributed by atoms with van der Waals surface area (Å²) in [5, 5.41) is 13.5. The van der Waals surface area contributed by atoms with E-state index in [0.717, 1.165) is 5.56 Å². The number of aromatic nitrogens is 1. The molecule has 0 aliphatic heterocycles. The van der Waals surface area contributed by atoms with Gasteiger partial charge >= 0.3 is 11.4 Å². The molecule has 5 heteroatoms. The number of benzene rings is 1. The molecule has 0 fully saturated rings. The van der Waals surface area contributed by atoms with Crippen LogP contribution in [0.3, 0.4) is 0 Å². The molecule has 0 bridgehead atoms. The smallest absolute Gasteiger partial charge is 0.357 e. The monoisotopic (exact) mass is 252 g/mol. The standard InChI is InChI=1S/C14H8N2O3/c1-8-10(7-15)13(17)18-14-11(8)12(16-19-14)9-5-3-2-4-6-9/h2-6H,1H3. The Kier molecular flexibility index (Phi) is 2.43. The van der Waals surface area contributed by atoms with Crippen molar-refractivity contribution in [3.8, 4) is 17.3 Å². The Morgan fingerprint density at radius 1 is 1.26 bits per heavy atom. The molecule has 0 unspecified atom stereocenters. The third-order valence-electron chi connectivity index (χ3n) is 2.96. The molecule has 3 aromatic rings. The Morgan fingerprint density at radius 2 is 2.00 bits per heavy atom. The van der Waals surface area contributed by atoms with E-state index < -0.39 is 5.63 Å². The van der Waals surface area contributed by atoms with Gasteiger partial charge in [0.2, 0.25) is 0 Å². The Morgan fingerprint density at radius 3 is 2.68 bits per heavy atom. The van der Waals surface area contributed by atoms with Crippen LogP contribution in [0.4, 0.5) is 0 Å². The zero-order valence-corrected chi connectivity index (χ0v) is 10.0.